The molecule has 9 heteroatoms. The number of nitrogens with zero attached hydrogens (tertiary/aromatic N) is 8. The van der Waals surface area contributed by atoms with Gasteiger partial charge in [-0.05, 0) is 60.1 Å². The molecule has 0 unspecified atom stereocenters. The Morgan fingerprint density at radius 1 is 0.696 bits per heavy atom. The molecule has 0 spiro atoms. The molecule has 1 aliphatic rings. The zero-order valence-corrected chi connectivity index (χ0v) is 30.2. The molecule has 0 saturated carbocycles. The van der Waals surface area contributed by atoms with Crippen molar-refractivity contribution in [1.29, 1.82) is 0 Å². The van der Waals surface area contributed by atoms with E-state index in [-0.39, 0.29) is 36.4 Å². The van der Waals surface area contributed by atoms with E-state index in [9.17, 15) is 0 Å². The molecule has 0 saturated heterocycles. The van der Waals surface area contributed by atoms with Gasteiger partial charge in [0.2, 0.25) is 11.9 Å². The Morgan fingerprint density at radius 2 is 1.30 bits per heavy atom. The maximum atomic E-state index is 4.96. The Morgan fingerprint density at radius 3 is 1.85 bits per heavy atom. The molecule has 0 bridgehead atoms. The minimum absolute atomic E-state index is 0. The molecular formula is C37H41IrN8-. The molecule has 1 aromatic carbocycles. The van der Waals surface area contributed by atoms with Gasteiger partial charge in [0, 0.05) is 57.3 Å². The van der Waals surface area contributed by atoms with Crippen molar-refractivity contribution in [3.8, 4) is 22.6 Å². The summed E-state index contributed by atoms with van der Waals surface area (Å²) >= 11 is 0. The standard InChI is InChI=1S/C37H41N8.Ir/c1-9-44(10-2)33-41-32(42-34(43-33)45(30-15-11-13-21-38-30)31-16-12-14-22-39-31)26-18-20-29(40-24-26)25-17-19-27-28(23-25)36(5,6)37(7,8)35(27,3)4;/h11-16,18-24H,9-10H2,1-8H3;/q-1;. The second-order valence-corrected chi connectivity index (χ2v) is 13.1. The zero-order chi connectivity index (χ0) is 32.0. The van der Waals surface area contributed by atoms with Gasteiger partial charge in [0.05, 0.1) is 0 Å². The van der Waals surface area contributed by atoms with Gasteiger partial charge in [0.1, 0.15) is 11.6 Å². The second kappa shape index (κ2) is 12.6. The molecule has 4 aromatic heterocycles. The summed E-state index contributed by atoms with van der Waals surface area (Å²) in [6.07, 6.45) is 5.34. The summed E-state index contributed by atoms with van der Waals surface area (Å²) in [4.78, 5) is 32.8. The van der Waals surface area contributed by atoms with E-state index in [2.05, 4.69) is 88.5 Å². The van der Waals surface area contributed by atoms with Crippen molar-refractivity contribution in [1.82, 2.24) is 29.9 Å². The molecule has 8 nitrogen and oxygen atoms in total. The summed E-state index contributed by atoms with van der Waals surface area (Å²) in [7, 11) is 0. The largest absolute Gasteiger partial charge is 0.341 e. The molecule has 239 valence electrons. The van der Waals surface area contributed by atoms with Crippen molar-refractivity contribution in [3.63, 3.8) is 0 Å². The Bertz CT molecular complexity index is 1760. The SMILES string of the molecule is CCN(CC)c1nc(-c2ccc(-c3[c-]cc4c(c3)C(C)(C)C(C)(C)C4(C)C)nc2)nc(N(c2ccccn2)c2ccccn2)n1.[Ir]. The van der Waals surface area contributed by atoms with Gasteiger partial charge >= 0.3 is 0 Å². The third kappa shape index (κ3) is 5.50. The topological polar surface area (TPSA) is 83.8 Å². The minimum Gasteiger partial charge on any atom is -0.341 e. The van der Waals surface area contributed by atoms with Gasteiger partial charge in [-0.2, -0.15) is 15.0 Å². The van der Waals surface area contributed by atoms with E-state index in [0.29, 0.717) is 29.4 Å². The van der Waals surface area contributed by atoms with Gasteiger partial charge < -0.3 is 9.88 Å². The van der Waals surface area contributed by atoms with Gasteiger partial charge in [-0.25, -0.2) is 14.9 Å². The first-order valence-corrected chi connectivity index (χ1v) is 15.7. The van der Waals surface area contributed by atoms with Crippen LogP contribution in [0.4, 0.5) is 23.5 Å². The van der Waals surface area contributed by atoms with E-state index >= 15 is 0 Å². The molecule has 1 aliphatic carbocycles. The first-order chi connectivity index (χ1) is 21.5. The molecule has 0 aliphatic heterocycles. The van der Waals surface area contributed by atoms with E-state index in [1.165, 1.54) is 11.1 Å². The summed E-state index contributed by atoms with van der Waals surface area (Å²) in [5.74, 6) is 2.87. The number of fused-ring (bicyclic) bond motifs is 1. The van der Waals surface area contributed by atoms with Gasteiger partial charge in [0.15, 0.2) is 5.82 Å². The fraction of sp³-hybridized carbons (Fsp3) is 0.351. The predicted octanol–water partition coefficient (Wildman–Crippen LogP) is 8.10. The van der Waals surface area contributed by atoms with Crippen molar-refractivity contribution in [2.75, 3.05) is 22.9 Å². The van der Waals surface area contributed by atoms with Crippen LogP contribution in [0, 0.1) is 11.5 Å². The average molecular weight is 790 g/mol. The first kappa shape index (κ1) is 33.3. The van der Waals surface area contributed by atoms with Gasteiger partial charge in [-0.15, -0.1) is 34.9 Å². The molecule has 46 heavy (non-hydrogen) atoms. The molecule has 5 aromatic rings. The Labute approximate surface area is 286 Å². The normalized spacial score (nSPS) is 15.5. The van der Waals surface area contributed by atoms with Crippen LogP contribution in [-0.2, 0) is 30.9 Å². The first-order valence-electron chi connectivity index (χ1n) is 15.7. The number of hydrogen-bond donors (Lipinski definition) is 0. The summed E-state index contributed by atoms with van der Waals surface area (Å²) in [6, 6.07) is 23.5. The second-order valence-electron chi connectivity index (χ2n) is 13.1. The molecule has 0 amide bonds. The predicted molar refractivity (Wildman–Crippen MR) is 181 cm³/mol. The number of anilines is 4. The third-order valence-corrected chi connectivity index (χ3v) is 10.3. The van der Waals surface area contributed by atoms with Crippen LogP contribution in [0.3, 0.4) is 0 Å². The van der Waals surface area contributed by atoms with Crippen molar-refractivity contribution in [2.24, 2.45) is 5.41 Å². The average Bonchev–Trinajstić information content (AvgIpc) is 3.16. The molecule has 0 fully saturated rings. The number of rotatable bonds is 8. The van der Waals surface area contributed by atoms with Crippen molar-refractivity contribution >= 4 is 23.5 Å². The summed E-state index contributed by atoms with van der Waals surface area (Å²) < 4.78 is 0. The smallest absolute Gasteiger partial charge is 0.242 e. The van der Waals surface area contributed by atoms with E-state index < -0.39 is 0 Å². The van der Waals surface area contributed by atoms with E-state index in [0.717, 1.165) is 29.9 Å². The van der Waals surface area contributed by atoms with Crippen molar-refractivity contribution < 1.29 is 20.1 Å². The quantitative estimate of drug-likeness (QED) is 0.146. The van der Waals surface area contributed by atoms with Crippen LogP contribution >= 0.6 is 0 Å². The Balaban J connectivity index is 0.00000417. The molecule has 1 radical (unpaired) electrons. The van der Waals surface area contributed by atoms with Gasteiger partial charge in [-0.1, -0.05) is 65.8 Å². The maximum Gasteiger partial charge on any atom is 0.242 e. The zero-order valence-electron chi connectivity index (χ0n) is 27.8. The number of pyridine rings is 3. The number of aromatic nitrogens is 6. The van der Waals surface area contributed by atoms with Crippen LogP contribution in [-0.4, -0.2) is 43.0 Å². The fourth-order valence-corrected chi connectivity index (χ4v) is 6.34. The number of benzene rings is 1. The summed E-state index contributed by atoms with van der Waals surface area (Å²) in [5, 5.41) is 0. The van der Waals surface area contributed by atoms with Crippen LogP contribution in [0.15, 0.2) is 79.3 Å². The van der Waals surface area contributed by atoms with E-state index in [1.54, 1.807) is 12.4 Å². The molecule has 0 atom stereocenters. The van der Waals surface area contributed by atoms with E-state index in [1.807, 2.05) is 59.6 Å². The summed E-state index contributed by atoms with van der Waals surface area (Å²) in [6.45, 7) is 19.8. The molecule has 0 N–H and O–H groups in total. The molecular weight excluding hydrogens is 749 g/mol. The van der Waals surface area contributed by atoms with E-state index in [4.69, 9.17) is 19.9 Å². The van der Waals surface area contributed by atoms with Gasteiger partial charge in [-0.3, -0.25) is 0 Å². The summed E-state index contributed by atoms with van der Waals surface area (Å²) in [5.41, 5.74) is 5.50. The monoisotopic (exact) mass is 790 g/mol. The minimum atomic E-state index is 0. The van der Waals surface area contributed by atoms with Crippen molar-refractivity contribution in [3.05, 3.63) is 96.4 Å². The maximum absolute atomic E-state index is 4.96. The van der Waals surface area contributed by atoms with Crippen LogP contribution in [0.25, 0.3) is 22.6 Å². The van der Waals surface area contributed by atoms with Crippen molar-refractivity contribution in [2.45, 2.75) is 66.2 Å². The Kier molecular flexibility index (Phi) is 9.13. The Hall–Kier alpha value is -4.07. The molecule has 4 heterocycles. The fourth-order valence-electron chi connectivity index (χ4n) is 6.34. The van der Waals surface area contributed by atoms with Crippen LogP contribution < -0.4 is 9.80 Å². The number of hydrogen-bond acceptors (Lipinski definition) is 8. The van der Waals surface area contributed by atoms with Crippen LogP contribution in [0.1, 0.15) is 66.5 Å². The van der Waals surface area contributed by atoms with Gasteiger partial charge in [0.25, 0.3) is 0 Å². The third-order valence-electron chi connectivity index (χ3n) is 10.3. The van der Waals surface area contributed by atoms with Crippen LogP contribution in [0.2, 0.25) is 0 Å². The van der Waals surface area contributed by atoms with Crippen LogP contribution in [0.5, 0.6) is 0 Å². The molecule has 6 rings (SSSR count).